The van der Waals surface area contributed by atoms with Crippen LogP contribution in [0.4, 0.5) is 0 Å². The van der Waals surface area contributed by atoms with Gasteiger partial charge in [0.25, 0.3) is 0 Å². The SMILES string of the molecule is CCCCCCC=CCCCC(=O)OC(CCCCCCC)CCOCC(COP(=O)(O)OCCNC(=O)CCCCCCCCC(=O)NCCOP(=O)(O)OCC(COCCC(CCCCCCC)OC(=O)CCCC=CCCCCCC)NC(=O)CC(=O)CCCCCCCCCCC)NC(=O)CC(=O)CCCCCCCCCCC. The molecule has 0 aromatic carbocycles. The van der Waals surface area contributed by atoms with Gasteiger partial charge in [0, 0.05) is 64.5 Å². The summed E-state index contributed by atoms with van der Waals surface area (Å²) >= 11 is 0. The molecule has 4 amide bonds. The highest BCUT2D eigenvalue weighted by atomic mass is 31.2. The van der Waals surface area contributed by atoms with Crippen LogP contribution in [-0.4, -0.2) is 147 Å². The molecule has 118 heavy (non-hydrogen) atoms. The number of ether oxygens (including phenoxy) is 4. The molecule has 0 bridgehead atoms. The Morgan fingerprint density at radius 3 is 0.898 bits per heavy atom. The largest absolute Gasteiger partial charge is 0.472 e. The van der Waals surface area contributed by atoms with Crippen LogP contribution in [0.25, 0.3) is 0 Å². The first-order valence-corrected chi connectivity index (χ1v) is 50.4. The van der Waals surface area contributed by atoms with Crippen LogP contribution in [0.3, 0.4) is 0 Å². The molecule has 26 heteroatoms. The number of amides is 4. The maximum absolute atomic E-state index is 13.2. The van der Waals surface area contributed by atoms with E-state index in [1.54, 1.807) is 0 Å². The number of hydrogen-bond acceptors (Lipinski definition) is 18. The molecular weight excluding hydrogens is 1540 g/mol. The van der Waals surface area contributed by atoms with E-state index in [1.807, 2.05) is 0 Å². The summed E-state index contributed by atoms with van der Waals surface area (Å²) in [6, 6.07) is -1.86. The summed E-state index contributed by atoms with van der Waals surface area (Å²) in [4.78, 5) is 125. The summed E-state index contributed by atoms with van der Waals surface area (Å²) in [6.07, 6.45) is 60.5. The summed E-state index contributed by atoms with van der Waals surface area (Å²) in [5, 5.41) is 10.9. The molecule has 0 aliphatic heterocycles. The number of rotatable bonds is 91. The number of Topliss-reactive ketones (excluding diaryl/α,β-unsaturated/α-hetero) is 2. The van der Waals surface area contributed by atoms with Crippen molar-refractivity contribution in [1.29, 1.82) is 0 Å². The van der Waals surface area contributed by atoms with Gasteiger partial charge in [0.05, 0.1) is 77.8 Å². The highest BCUT2D eigenvalue weighted by Gasteiger charge is 2.28. The Hall–Kier alpha value is -4.22. The average Bonchev–Trinajstić information content (AvgIpc) is 0.908. The van der Waals surface area contributed by atoms with E-state index in [2.05, 4.69) is 87.1 Å². The molecule has 6 N–H and O–H groups in total. The molecule has 690 valence electrons. The third-order valence-electron chi connectivity index (χ3n) is 20.8. The number of phosphoric acid groups is 2. The van der Waals surface area contributed by atoms with E-state index in [4.69, 9.17) is 37.0 Å². The van der Waals surface area contributed by atoms with Crippen molar-refractivity contribution in [3.63, 3.8) is 0 Å². The molecule has 24 nitrogen and oxygen atoms in total. The second-order valence-corrected chi connectivity index (χ2v) is 35.3. The van der Waals surface area contributed by atoms with Crippen LogP contribution in [-0.2, 0) is 84.5 Å². The molecule has 0 saturated carbocycles. The van der Waals surface area contributed by atoms with Gasteiger partial charge >= 0.3 is 27.6 Å². The van der Waals surface area contributed by atoms with Crippen LogP contribution in [0.5, 0.6) is 0 Å². The molecule has 0 aliphatic carbocycles. The van der Waals surface area contributed by atoms with Gasteiger partial charge in [-0.3, -0.25) is 56.5 Å². The van der Waals surface area contributed by atoms with Crippen molar-refractivity contribution in [3.8, 4) is 0 Å². The second kappa shape index (κ2) is 83.7. The van der Waals surface area contributed by atoms with E-state index in [-0.39, 0.29) is 139 Å². The van der Waals surface area contributed by atoms with Gasteiger partial charge in [-0.2, -0.15) is 0 Å². The summed E-state index contributed by atoms with van der Waals surface area (Å²) in [5.41, 5.74) is 0. The number of hydrogen-bond donors (Lipinski definition) is 6. The first-order chi connectivity index (χ1) is 57.2. The zero-order chi connectivity index (χ0) is 86.7. The number of allylic oxidation sites excluding steroid dienone is 4. The van der Waals surface area contributed by atoms with E-state index in [0.29, 0.717) is 77.0 Å². The van der Waals surface area contributed by atoms with Crippen molar-refractivity contribution < 1.29 is 94.3 Å². The Balaban J connectivity index is 5.26. The smallest absolute Gasteiger partial charge is 0.462 e. The molecule has 0 aromatic heterocycles. The lowest BCUT2D eigenvalue weighted by molar-refractivity contribution is -0.151. The minimum atomic E-state index is -4.69. The van der Waals surface area contributed by atoms with Crippen molar-refractivity contribution in [2.75, 3.05) is 65.9 Å². The summed E-state index contributed by atoms with van der Waals surface area (Å²) in [6.45, 7) is 11.5. The van der Waals surface area contributed by atoms with Gasteiger partial charge in [-0.05, 0) is 103 Å². The predicted molar refractivity (Wildman–Crippen MR) is 474 cm³/mol. The summed E-state index contributed by atoms with van der Waals surface area (Å²) < 4.78 is 71.2. The van der Waals surface area contributed by atoms with Gasteiger partial charge in [0.1, 0.15) is 23.8 Å². The van der Waals surface area contributed by atoms with Crippen LogP contribution < -0.4 is 21.3 Å². The number of carbonyl (C=O) groups excluding carboxylic acids is 8. The maximum atomic E-state index is 13.2. The molecule has 0 heterocycles. The van der Waals surface area contributed by atoms with Gasteiger partial charge in [-0.25, -0.2) is 9.13 Å². The minimum absolute atomic E-state index is 0.0668. The van der Waals surface area contributed by atoms with Gasteiger partial charge in [-0.15, -0.1) is 0 Å². The molecule has 0 aliphatic rings. The first kappa shape index (κ1) is 114. The van der Waals surface area contributed by atoms with Crippen LogP contribution >= 0.6 is 15.6 Å². The van der Waals surface area contributed by atoms with E-state index in [0.717, 1.165) is 154 Å². The Morgan fingerprint density at radius 1 is 0.297 bits per heavy atom. The molecule has 6 unspecified atom stereocenters. The van der Waals surface area contributed by atoms with Crippen LogP contribution in [0, 0.1) is 0 Å². The number of nitrogens with one attached hydrogen (secondary N) is 4. The van der Waals surface area contributed by atoms with E-state index < -0.39 is 52.8 Å². The van der Waals surface area contributed by atoms with Crippen molar-refractivity contribution in [2.45, 2.75) is 451 Å². The Bertz CT molecular complexity index is 2450. The third-order valence-corrected chi connectivity index (χ3v) is 22.8. The number of carbonyl (C=O) groups is 8. The monoisotopic (exact) mass is 1720 g/mol. The molecule has 0 fully saturated rings. The molecule has 6 atom stereocenters. The molecular formula is C92H172N4O20P2. The molecule has 0 radical (unpaired) electrons. The van der Waals surface area contributed by atoms with E-state index in [1.165, 1.54) is 116 Å². The molecule has 0 rings (SSSR count). The Labute approximate surface area is 716 Å². The maximum Gasteiger partial charge on any atom is 0.472 e. The molecule has 0 saturated heterocycles. The zero-order valence-corrected chi connectivity index (χ0v) is 77.0. The molecule has 0 aromatic rings. The van der Waals surface area contributed by atoms with Gasteiger partial charge in [0.15, 0.2) is 0 Å². The summed E-state index contributed by atoms with van der Waals surface area (Å²) in [5.74, 6) is -2.55. The highest BCUT2D eigenvalue weighted by Crippen LogP contribution is 2.44. The van der Waals surface area contributed by atoms with Gasteiger partial charge < -0.3 is 50.0 Å². The zero-order valence-electron chi connectivity index (χ0n) is 75.3. The summed E-state index contributed by atoms with van der Waals surface area (Å²) in [7, 11) is -9.38. The topological polar surface area (TPSA) is 333 Å². The number of esters is 2. The van der Waals surface area contributed by atoms with Crippen molar-refractivity contribution in [1.82, 2.24) is 21.3 Å². The lowest BCUT2D eigenvalue weighted by Crippen LogP contribution is -2.42. The second-order valence-electron chi connectivity index (χ2n) is 32.4. The van der Waals surface area contributed by atoms with Crippen LogP contribution in [0.2, 0.25) is 0 Å². The van der Waals surface area contributed by atoms with Crippen molar-refractivity contribution in [3.05, 3.63) is 24.3 Å². The van der Waals surface area contributed by atoms with Gasteiger partial charge in [0.2, 0.25) is 23.6 Å². The third kappa shape index (κ3) is 80.2. The lowest BCUT2D eigenvalue weighted by Gasteiger charge is -2.22. The minimum Gasteiger partial charge on any atom is -0.462 e. The number of phosphoric ester groups is 2. The fourth-order valence-corrected chi connectivity index (χ4v) is 15.2. The van der Waals surface area contributed by atoms with Crippen molar-refractivity contribution >= 4 is 62.8 Å². The first-order valence-electron chi connectivity index (χ1n) is 47.4. The normalized spacial score (nSPS) is 13.7. The highest BCUT2D eigenvalue weighted by molar-refractivity contribution is 7.47. The predicted octanol–water partition coefficient (Wildman–Crippen LogP) is 22.1. The molecule has 0 spiro atoms. The fourth-order valence-electron chi connectivity index (χ4n) is 13.6. The van der Waals surface area contributed by atoms with Gasteiger partial charge in [-0.1, -0.05) is 284 Å². The Morgan fingerprint density at radius 2 is 0.576 bits per heavy atom. The van der Waals surface area contributed by atoms with E-state index >= 15 is 0 Å². The van der Waals surface area contributed by atoms with Crippen LogP contribution in [0.1, 0.15) is 427 Å². The standard InChI is InChI=1S/C92H172N4O20P2/c1-7-13-19-25-29-33-37-45-51-59-83(97)75-89(101)95-81(77-109-71-67-85(61-53-43-23-17-11-5)115-91(103)65-57-49-39-35-31-27-21-15-9-3)79-113-117(105,106)111-73-69-93-87(99)63-55-47-41-42-48-56-64-88(100)94-70-74-112-118(107,108)114-80-82(96-90(102)76-84(98)60-52-46-38-34-30-26-20-14-8-2)78-110-72-68-86(62-54-44-24-18-12-6)116-92(104)66-58-50-40-36-32-28-22-16-10-4/h35-36,39-40,81-82,85-86H,7-34,37-38,41-80H2,1-6H3,(H,93,99)(H,94,100)(H,95,101)(H,96,102)(H,105,106)(H,107,108). The van der Waals surface area contributed by atoms with E-state index in [9.17, 15) is 57.3 Å². The quantitative estimate of drug-likeness (QED) is 0.0108. The van der Waals surface area contributed by atoms with Crippen LogP contribution in [0.15, 0.2) is 24.3 Å². The average molecular weight is 1720 g/mol. The Kier molecular flexibility index (Phi) is 80.7. The lowest BCUT2D eigenvalue weighted by atomic mass is 10.0. The van der Waals surface area contributed by atoms with Crippen molar-refractivity contribution in [2.24, 2.45) is 0 Å². The number of unbranched alkanes of at least 4 members (excludes halogenated alkanes) is 39. The number of ketones is 2. The fraction of sp³-hybridized carbons (Fsp3) is 0.870.